The minimum atomic E-state index is 0. The van der Waals surface area contributed by atoms with Gasteiger partial charge in [-0.25, -0.2) is 0 Å². The van der Waals surface area contributed by atoms with Crippen LogP contribution in [0.5, 0.6) is 0 Å². The van der Waals surface area contributed by atoms with Crippen molar-refractivity contribution in [2.75, 3.05) is 0 Å². The van der Waals surface area contributed by atoms with Crippen LogP contribution in [0.4, 0.5) is 0 Å². The monoisotopic (exact) mass is 178 g/mol. The summed E-state index contributed by atoms with van der Waals surface area (Å²) < 4.78 is 0. The van der Waals surface area contributed by atoms with Gasteiger partial charge >= 0.3 is 37.7 Å². The number of hydrogen-bond donors (Lipinski definition) is 0. The molecule has 0 rings (SSSR count). The van der Waals surface area contributed by atoms with E-state index in [1.54, 1.807) is 0 Å². The molecule has 0 saturated carbocycles. The third-order valence-corrected chi connectivity index (χ3v) is 1.84. The Labute approximate surface area is 114 Å². The van der Waals surface area contributed by atoms with Gasteiger partial charge in [0.05, 0.1) is 0 Å². The Kier molecular flexibility index (Phi) is 19.7. The SMILES string of the molecule is CCC[C-]=C(C)C(C)=[C-]CCC.[Li+].[Li+]. The van der Waals surface area contributed by atoms with Gasteiger partial charge in [-0.2, -0.15) is 0 Å². The smallest absolute Gasteiger partial charge is 0.376 e. The number of allylic oxidation sites excluding steroid dienone is 4. The first kappa shape index (κ1) is 20.1. The van der Waals surface area contributed by atoms with Crippen molar-refractivity contribution in [2.45, 2.75) is 53.4 Å². The molecule has 0 amide bonds. The van der Waals surface area contributed by atoms with Crippen LogP contribution in [0, 0.1) is 12.2 Å². The fraction of sp³-hybridized carbons (Fsp3) is 0.667. The van der Waals surface area contributed by atoms with Gasteiger partial charge in [-0.15, -0.1) is 26.7 Å². The minimum Gasteiger partial charge on any atom is -0.376 e. The third kappa shape index (κ3) is 10.8. The maximum atomic E-state index is 3.36. The molecule has 0 aromatic carbocycles. The molecule has 0 aliphatic heterocycles. The zero-order valence-electron chi connectivity index (χ0n) is 10.8. The number of unbranched alkanes of at least 4 members (excludes halogenated alkanes) is 2. The molecular weight excluding hydrogens is 158 g/mol. The molecule has 0 spiro atoms. The van der Waals surface area contributed by atoms with Crippen molar-refractivity contribution in [3.63, 3.8) is 0 Å². The molecule has 0 nitrogen and oxygen atoms in total. The van der Waals surface area contributed by atoms with Gasteiger partial charge in [-0.1, -0.05) is 26.7 Å². The minimum absolute atomic E-state index is 0. The van der Waals surface area contributed by atoms with Crippen molar-refractivity contribution in [3.05, 3.63) is 23.3 Å². The van der Waals surface area contributed by atoms with Crippen molar-refractivity contribution >= 4 is 0 Å². The van der Waals surface area contributed by atoms with E-state index in [0.717, 1.165) is 12.8 Å². The van der Waals surface area contributed by atoms with E-state index in [1.165, 1.54) is 24.0 Å². The van der Waals surface area contributed by atoms with Crippen LogP contribution >= 0.6 is 0 Å². The van der Waals surface area contributed by atoms with Crippen LogP contribution < -0.4 is 37.7 Å². The summed E-state index contributed by atoms with van der Waals surface area (Å²) >= 11 is 0. The topological polar surface area (TPSA) is 0 Å². The van der Waals surface area contributed by atoms with Gasteiger partial charge in [-0.05, 0) is 0 Å². The Morgan fingerprint density at radius 2 is 1.07 bits per heavy atom. The van der Waals surface area contributed by atoms with Crippen LogP contribution in [0.25, 0.3) is 0 Å². The van der Waals surface area contributed by atoms with Crippen LogP contribution in [-0.2, 0) is 0 Å². The molecule has 0 heterocycles. The molecule has 0 saturated heterocycles. The second-order valence-electron chi connectivity index (χ2n) is 3.10. The van der Waals surface area contributed by atoms with Gasteiger partial charge in [-0.3, -0.25) is 0 Å². The molecule has 0 atom stereocenters. The van der Waals surface area contributed by atoms with E-state index in [1.807, 2.05) is 0 Å². The Hall–Kier alpha value is 0.675. The van der Waals surface area contributed by atoms with Crippen LogP contribution in [0.1, 0.15) is 53.4 Å². The zero-order valence-corrected chi connectivity index (χ0v) is 10.8. The van der Waals surface area contributed by atoms with Crippen LogP contribution in [0.3, 0.4) is 0 Å². The van der Waals surface area contributed by atoms with Crippen molar-refractivity contribution in [1.29, 1.82) is 0 Å². The van der Waals surface area contributed by atoms with E-state index >= 15 is 0 Å². The number of hydrogen-bond acceptors (Lipinski definition) is 0. The van der Waals surface area contributed by atoms with Crippen LogP contribution in [-0.4, -0.2) is 0 Å². The Morgan fingerprint density at radius 1 is 0.786 bits per heavy atom. The molecule has 0 aromatic rings. The van der Waals surface area contributed by atoms with Gasteiger partial charge in [0, 0.05) is 0 Å². The van der Waals surface area contributed by atoms with Crippen molar-refractivity contribution in [3.8, 4) is 0 Å². The molecule has 70 valence electrons. The second kappa shape index (κ2) is 13.7. The summed E-state index contributed by atoms with van der Waals surface area (Å²) in [6.45, 7) is 8.59. The van der Waals surface area contributed by atoms with E-state index < -0.39 is 0 Å². The summed E-state index contributed by atoms with van der Waals surface area (Å²) in [5.41, 5.74) is 2.54. The van der Waals surface area contributed by atoms with E-state index in [4.69, 9.17) is 0 Å². The summed E-state index contributed by atoms with van der Waals surface area (Å²) in [6.07, 6.45) is 11.2. The maximum absolute atomic E-state index is 3.36. The van der Waals surface area contributed by atoms with Gasteiger partial charge in [0.2, 0.25) is 0 Å². The van der Waals surface area contributed by atoms with E-state index in [2.05, 4.69) is 39.8 Å². The quantitative estimate of drug-likeness (QED) is 0.262. The molecule has 0 aliphatic rings. The first-order valence-electron chi connectivity index (χ1n) is 4.87. The summed E-state index contributed by atoms with van der Waals surface area (Å²) in [6, 6.07) is 0. The number of rotatable bonds is 5. The van der Waals surface area contributed by atoms with E-state index in [9.17, 15) is 0 Å². The summed E-state index contributed by atoms with van der Waals surface area (Å²) in [4.78, 5) is 0. The summed E-state index contributed by atoms with van der Waals surface area (Å²) in [5.74, 6) is 0. The van der Waals surface area contributed by atoms with Crippen molar-refractivity contribution < 1.29 is 37.7 Å². The third-order valence-electron chi connectivity index (χ3n) is 1.84. The molecule has 2 heteroatoms. The van der Waals surface area contributed by atoms with Crippen molar-refractivity contribution in [1.82, 2.24) is 0 Å². The Bertz CT molecular complexity index is 149. The summed E-state index contributed by atoms with van der Waals surface area (Å²) in [5, 5.41) is 0. The largest absolute Gasteiger partial charge is 1.00 e. The van der Waals surface area contributed by atoms with Gasteiger partial charge in [0.25, 0.3) is 0 Å². The molecule has 0 aromatic heterocycles. The molecule has 0 radical (unpaired) electrons. The molecule has 0 fully saturated rings. The van der Waals surface area contributed by atoms with Gasteiger partial charge in [0.1, 0.15) is 0 Å². The standard InChI is InChI=1S/C12H20.2Li/c1-5-7-9-11(3)12(4)10-8-6-2;;/h5-8H2,1-4H3;;/q-2;2*+1. The van der Waals surface area contributed by atoms with E-state index in [-0.39, 0.29) is 37.7 Å². The van der Waals surface area contributed by atoms with Gasteiger partial charge < -0.3 is 23.3 Å². The molecular formula is C12H20Li2. The van der Waals surface area contributed by atoms with E-state index in [0.29, 0.717) is 0 Å². The fourth-order valence-electron chi connectivity index (χ4n) is 0.890. The molecule has 14 heavy (non-hydrogen) atoms. The zero-order chi connectivity index (χ0) is 9.40. The summed E-state index contributed by atoms with van der Waals surface area (Å²) in [7, 11) is 0. The Balaban J connectivity index is -0.000000605. The molecule has 0 N–H and O–H groups in total. The predicted molar refractivity (Wildman–Crippen MR) is 54.7 cm³/mol. The molecule has 0 bridgehead atoms. The first-order valence-corrected chi connectivity index (χ1v) is 4.87. The predicted octanol–water partition coefficient (Wildman–Crippen LogP) is -1.91. The average Bonchev–Trinajstić information content (AvgIpc) is 2.10. The maximum Gasteiger partial charge on any atom is 1.00 e. The molecule has 0 unspecified atom stereocenters. The van der Waals surface area contributed by atoms with Crippen LogP contribution in [0.15, 0.2) is 11.1 Å². The normalized spacial score (nSPS) is 11.7. The first-order chi connectivity index (χ1) is 5.72. The van der Waals surface area contributed by atoms with Gasteiger partial charge in [0.15, 0.2) is 0 Å². The fourth-order valence-corrected chi connectivity index (χ4v) is 0.890. The Morgan fingerprint density at radius 3 is 1.29 bits per heavy atom. The molecule has 0 aliphatic carbocycles. The second-order valence-corrected chi connectivity index (χ2v) is 3.10. The van der Waals surface area contributed by atoms with Crippen molar-refractivity contribution in [2.24, 2.45) is 0 Å². The average molecular weight is 178 g/mol. The van der Waals surface area contributed by atoms with Crippen LogP contribution in [0.2, 0.25) is 0 Å².